The molecule has 0 bridgehead atoms. The number of carbonyl (C=O) groups excluding carboxylic acids is 1. The molecule has 0 aliphatic rings. The van der Waals surface area contributed by atoms with Crippen molar-refractivity contribution in [3.8, 4) is 0 Å². The van der Waals surface area contributed by atoms with Gasteiger partial charge in [-0.2, -0.15) is 4.98 Å². The number of benzene rings is 1. The van der Waals surface area contributed by atoms with Crippen LogP contribution in [-0.4, -0.2) is 15.3 Å². The second-order valence-corrected chi connectivity index (χ2v) is 5.15. The van der Waals surface area contributed by atoms with Crippen LogP contribution in [0.5, 0.6) is 0 Å². The molecule has 4 heteroatoms. The second-order valence-electron chi connectivity index (χ2n) is 5.15. The highest BCUT2D eigenvalue weighted by Gasteiger charge is 2.12. The maximum absolute atomic E-state index is 12.3. The van der Waals surface area contributed by atoms with Gasteiger partial charge in [0.2, 0.25) is 0 Å². The van der Waals surface area contributed by atoms with Gasteiger partial charge in [-0.1, -0.05) is 23.8 Å². The van der Waals surface area contributed by atoms with Gasteiger partial charge in [-0.25, -0.2) is 4.79 Å². The molecule has 2 aromatic rings. The highest BCUT2D eigenvalue weighted by Crippen LogP contribution is 2.12. The summed E-state index contributed by atoms with van der Waals surface area (Å²) in [4.78, 5) is 28.1. The topological polar surface area (TPSA) is 52.0 Å². The van der Waals surface area contributed by atoms with Gasteiger partial charge in [-0.15, -0.1) is 0 Å². The minimum atomic E-state index is -0.374. The maximum atomic E-state index is 12.3. The Kier molecular flexibility index (Phi) is 3.84. The zero-order chi connectivity index (χ0) is 14.9. The number of nitrogens with zero attached hydrogens (tertiary/aromatic N) is 2. The van der Waals surface area contributed by atoms with Crippen molar-refractivity contribution >= 4 is 5.78 Å². The van der Waals surface area contributed by atoms with Crippen molar-refractivity contribution < 1.29 is 4.79 Å². The minimum absolute atomic E-state index is 0.0296. The second kappa shape index (κ2) is 5.41. The van der Waals surface area contributed by atoms with Gasteiger partial charge in [0.05, 0.1) is 6.54 Å². The number of ketones is 1. The van der Waals surface area contributed by atoms with Gasteiger partial charge in [0.1, 0.15) is 0 Å². The Balaban J connectivity index is 2.35. The summed E-state index contributed by atoms with van der Waals surface area (Å²) in [5.41, 5.74) is 3.75. The van der Waals surface area contributed by atoms with Gasteiger partial charge in [0.15, 0.2) is 5.78 Å². The van der Waals surface area contributed by atoms with Crippen molar-refractivity contribution in [3.63, 3.8) is 0 Å². The first-order valence-electron chi connectivity index (χ1n) is 6.54. The third kappa shape index (κ3) is 2.85. The Morgan fingerprint density at radius 3 is 2.45 bits per heavy atom. The normalized spacial score (nSPS) is 10.6. The molecule has 0 atom stereocenters. The number of aromatic nitrogens is 2. The third-order valence-electron chi connectivity index (χ3n) is 3.33. The van der Waals surface area contributed by atoms with Crippen LogP contribution >= 0.6 is 0 Å². The molecule has 0 amide bonds. The van der Waals surface area contributed by atoms with Crippen molar-refractivity contribution in [1.82, 2.24) is 9.55 Å². The van der Waals surface area contributed by atoms with Crippen molar-refractivity contribution in [3.05, 3.63) is 62.8 Å². The summed E-state index contributed by atoms with van der Waals surface area (Å²) in [6.45, 7) is 7.50. The predicted octanol–water partition coefficient (Wildman–Crippen LogP) is 2.36. The first-order chi connectivity index (χ1) is 9.38. The Morgan fingerprint density at radius 2 is 1.85 bits per heavy atom. The van der Waals surface area contributed by atoms with Crippen LogP contribution in [0.2, 0.25) is 0 Å². The standard InChI is InChI=1S/C16H18N2O2/c1-10-5-6-14(11(2)7-10)15(19)9-18-13(4)8-12(3)17-16(18)20/h5-8H,9H2,1-4H3. The lowest BCUT2D eigenvalue weighted by molar-refractivity contribution is 0.0968. The lowest BCUT2D eigenvalue weighted by Crippen LogP contribution is -2.29. The summed E-state index contributed by atoms with van der Waals surface area (Å²) >= 11 is 0. The maximum Gasteiger partial charge on any atom is 0.348 e. The number of hydrogen-bond acceptors (Lipinski definition) is 3. The Labute approximate surface area is 118 Å². The Morgan fingerprint density at radius 1 is 1.15 bits per heavy atom. The minimum Gasteiger partial charge on any atom is -0.292 e. The Hall–Kier alpha value is -2.23. The van der Waals surface area contributed by atoms with E-state index in [0.29, 0.717) is 11.3 Å². The lowest BCUT2D eigenvalue weighted by Gasteiger charge is -2.10. The van der Waals surface area contributed by atoms with E-state index in [1.807, 2.05) is 39.0 Å². The third-order valence-corrected chi connectivity index (χ3v) is 3.33. The highest BCUT2D eigenvalue weighted by atomic mass is 16.2. The SMILES string of the molecule is Cc1ccc(C(=O)Cn2c(C)cc(C)nc2=O)c(C)c1. The first kappa shape index (κ1) is 14.2. The highest BCUT2D eigenvalue weighted by molar-refractivity contribution is 5.97. The van der Waals surface area contributed by atoms with Crippen LogP contribution < -0.4 is 5.69 Å². The van der Waals surface area contributed by atoms with E-state index in [9.17, 15) is 9.59 Å². The number of aryl methyl sites for hydroxylation is 4. The van der Waals surface area contributed by atoms with E-state index >= 15 is 0 Å². The summed E-state index contributed by atoms with van der Waals surface area (Å²) in [5.74, 6) is -0.0710. The van der Waals surface area contributed by atoms with Crippen LogP contribution in [0.3, 0.4) is 0 Å². The average molecular weight is 270 g/mol. The fourth-order valence-corrected chi connectivity index (χ4v) is 2.32. The van der Waals surface area contributed by atoms with Crippen LogP contribution in [0.1, 0.15) is 32.9 Å². The Bertz CT molecular complexity index is 730. The number of carbonyl (C=O) groups is 1. The van der Waals surface area contributed by atoms with E-state index in [1.54, 1.807) is 13.0 Å². The molecule has 0 saturated heterocycles. The molecule has 1 aromatic carbocycles. The summed E-state index contributed by atoms with van der Waals surface area (Å²) < 4.78 is 1.41. The van der Waals surface area contributed by atoms with Gasteiger partial charge < -0.3 is 0 Å². The molecule has 0 fully saturated rings. The lowest BCUT2D eigenvalue weighted by atomic mass is 10.0. The van der Waals surface area contributed by atoms with E-state index in [1.165, 1.54) is 4.57 Å². The van der Waals surface area contributed by atoms with Crippen LogP contribution in [0.15, 0.2) is 29.1 Å². The van der Waals surface area contributed by atoms with Crippen LogP contribution in [0, 0.1) is 27.7 Å². The van der Waals surface area contributed by atoms with Gasteiger partial charge in [0, 0.05) is 17.0 Å². The van der Waals surface area contributed by atoms with E-state index in [0.717, 1.165) is 16.8 Å². The predicted molar refractivity (Wildman–Crippen MR) is 78.2 cm³/mol. The van der Waals surface area contributed by atoms with E-state index < -0.39 is 0 Å². The van der Waals surface area contributed by atoms with Gasteiger partial charge in [-0.3, -0.25) is 9.36 Å². The zero-order valence-corrected chi connectivity index (χ0v) is 12.2. The first-order valence-corrected chi connectivity index (χ1v) is 6.54. The van der Waals surface area contributed by atoms with Gasteiger partial charge in [0.25, 0.3) is 0 Å². The van der Waals surface area contributed by atoms with Gasteiger partial charge in [-0.05, 0) is 39.3 Å². The van der Waals surface area contributed by atoms with Crippen LogP contribution in [0.4, 0.5) is 0 Å². The van der Waals surface area contributed by atoms with Crippen molar-refractivity contribution in [2.75, 3.05) is 0 Å². The molecule has 0 aliphatic heterocycles. The molecule has 1 heterocycles. The summed E-state index contributed by atoms with van der Waals surface area (Å²) in [5, 5.41) is 0. The molecule has 0 saturated carbocycles. The molecular weight excluding hydrogens is 252 g/mol. The van der Waals surface area contributed by atoms with Crippen molar-refractivity contribution in [2.45, 2.75) is 34.2 Å². The summed E-state index contributed by atoms with van der Waals surface area (Å²) in [6, 6.07) is 7.49. The van der Waals surface area contributed by atoms with E-state index in [2.05, 4.69) is 4.98 Å². The molecule has 0 aliphatic carbocycles. The zero-order valence-electron chi connectivity index (χ0n) is 12.2. The number of Topliss-reactive ketones (excluding diaryl/α,β-unsaturated/α-hetero) is 1. The number of hydrogen-bond donors (Lipinski definition) is 0. The molecular formula is C16H18N2O2. The largest absolute Gasteiger partial charge is 0.348 e. The molecule has 0 N–H and O–H groups in total. The molecule has 4 nitrogen and oxygen atoms in total. The van der Waals surface area contributed by atoms with Crippen LogP contribution in [-0.2, 0) is 6.54 Å². The fourth-order valence-electron chi connectivity index (χ4n) is 2.32. The summed E-state index contributed by atoms with van der Waals surface area (Å²) in [7, 11) is 0. The molecule has 0 spiro atoms. The molecule has 0 radical (unpaired) electrons. The smallest absolute Gasteiger partial charge is 0.292 e. The monoisotopic (exact) mass is 270 g/mol. The van der Waals surface area contributed by atoms with E-state index in [-0.39, 0.29) is 18.0 Å². The average Bonchev–Trinajstić information content (AvgIpc) is 2.33. The molecule has 2 rings (SSSR count). The van der Waals surface area contributed by atoms with Gasteiger partial charge >= 0.3 is 5.69 Å². The van der Waals surface area contributed by atoms with Crippen molar-refractivity contribution in [2.24, 2.45) is 0 Å². The number of rotatable bonds is 3. The van der Waals surface area contributed by atoms with Crippen molar-refractivity contribution in [1.29, 1.82) is 0 Å². The van der Waals surface area contributed by atoms with Crippen LogP contribution in [0.25, 0.3) is 0 Å². The summed E-state index contributed by atoms with van der Waals surface area (Å²) in [6.07, 6.45) is 0. The molecule has 104 valence electrons. The molecule has 0 unspecified atom stereocenters. The molecule has 1 aromatic heterocycles. The quantitative estimate of drug-likeness (QED) is 0.804. The molecule has 20 heavy (non-hydrogen) atoms. The van der Waals surface area contributed by atoms with E-state index in [4.69, 9.17) is 0 Å². The fraction of sp³-hybridized carbons (Fsp3) is 0.312.